The van der Waals surface area contributed by atoms with E-state index in [-0.39, 0.29) is 24.4 Å². The third kappa shape index (κ3) is 7.04. The summed E-state index contributed by atoms with van der Waals surface area (Å²) in [5.74, 6) is -0.266. The molecule has 6 heteroatoms. The molecule has 1 rings (SSSR count). The Labute approximate surface area is 140 Å². The minimum Gasteiger partial charge on any atom is -0.355 e. The molecular weight excluding hydrogens is 346 g/mol. The van der Waals surface area contributed by atoms with Crippen LogP contribution in [-0.4, -0.2) is 31.4 Å². The molecule has 0 aliphatic rings. The molecular formula is C16H25BrN3O2+. The van der Waals surface area contributed by atoms with E-state index in [4.69, 9.17) is 0 Å². The zero-order chi connectivity index (χ0) is 16.4. The van der Waals surface area contributed by atoms with Crippen molar-refractivity contribution in [2.45, 2.75) is 32.7 Å². The van der Waals surface area contributed by atoms with E-state index in [0.29, 0.717) is 13.1 Å². The average molecular weight is 371 g/mol. The summed E-state index contributed by atoms with van der Waals surface area (Å²) in [6.45, 7) is 5.08. The standard InChI is InChI=1S/C16H24BrN3O2/c1-3-9-18-15(21)11-20-16(22)10-19-14(4-2)12-5-7-13(17)8-6-12/h5-8,14,19H,3-4,9-11H2,1-2H3,(H,18,21)(H,20,22)/p+1/t14-/m1/s1. The Morgan fingerprint density at radius 2 is 1.82 bits per heavy atom. The molecule has 0 spiro atoms. The normalized spacial score (nSPS) is 11.8. The molecule has 0 heterocycles. The molecule has 22 heavy (non-hydrogen) atoms. The molecule has 0 aromatic heterocycles. The van der Waals surface area contributed by atoms with Crippen LogP contribution < -0.4 is 16.0 Å². The highest BCUT2D eigenvalue weighted by molar-refractivity contribution is 9.10. The maximum absolute atomic E-state index is 11.8. The molecule has 0 saturated carbocycles. The summed E-state index contributed by atoms with van der Waals surface area (Å²) in [4.78, 5) is 23.2. The highest BCUT2D eigenvalue weighted by Gasteiger charge is 2.14. The number of benzene rings is 1. The third-order valence-electron chi connectivity index (χ3n) is 3.34. The van der Waals surface area contributed by atoms with E-state index < -0.39 is 0 Å². The molecule has 1 aromatic carbocycles. The topological polar surface area (TPSA) is 74.8 Å². The van der Waals surface area contributed by atoms with E-state index in [0.717, 1.165) is 17.3 Å². The van der Waals surface area contributed by atoms with E-state index in [9.17, 15) is 9.59 Å². The molecule has 1 aromatic rings. The number of nitrogens with two attached hydrogens (primary N) is 1. The highest BCUT2D eigenvalue weighted by Crippen LogP contribution is 2.16. The molecule has 4 N–H and O–H groups in total. The van der Waals surface area contributed by atoms with Crippen LogP contribution in [0.15, 0.2) is 28.7 Å². The fourth-order valence-electron chi connectivity index (χ4n) is 2.08. The first-order valence-corrected chi connectivity index (χ1v) is 8.48. The lowest BCUT2D eigenvalue weighted by Crippen LogP contribution is -2.87. The van der Waals surface area contributed by atoms with Crippen molar-refractivity contribution in [2.75, 3.05) is 19.6 Å². The minimum atomic E-state index is -0.143. The third-order valence-corrected chi connectivity index (χ3v) is 3.87. The maximum Gasteiger partial charge on any atom is 0.275 e. The quantitative estimate of drug-likeness (QED) is 0.608. The molecule has 2 amide bonds. The van der Waals surface area contributed by atoms with Crippen LogP contribution >= 0.6 is 15.9 Å². The van der Waals surface area contributed by atoms with Crippen LogP contribution in [0.3, 0.4) is 0 Å². The largest absolute Gasteiger partial charge is 0.355 e. The maximum atomic E-state index is 11.8. The molecule has 0 saturated heterocycles. The lowest BCUT2D eigenvalue weighted by Gasteiger charge is -2.14. The van der Waals surface area contributed by atoms with Crippen LogP contribution in [-0.2, 0) is 9.59 Å². The number of nitrogens with one attached hydrogen (secondary N) is 2. The van der Waals surface area contributed by atoms with Gasteiger partial charge in [0, 0.05) is 23.0 Å². The van der Waals surface area contributed by atoms with Gasteiger partial charge in [0.1, 0.15) is 6.04 Å². The Bertz CT molecular complexity index is 477. The van der Waals surface area contributed by atoms with Crippen molar-refractivity contribution < 1.29 is 14.9 Å². The first kappa shape index (κ1) is 18.6. The Balaban J connectivity index is 2.35. The van der Waals surface area contributed by atoms with Gasteiger partial charge in [0.2, 0.25) is 5.91 Å². The van der Waals surface area contributed by atoms with Crippen molar-refractivity contribution in [2.24, 2.45) is 0 Å². The number of halogens is 1. The van der Waals surface area contributed by atoms with E-state index >= 15 is 0 Å². The molecule has 1 atom stereocenters. The first-order chi connectivity index (χ1) is 10.6. The number of hydrogen-bond donors (Lipinski definition) is 3. The van der Waals surface area contributed by atoms with Gasteiger partial charge >= 0.3 is 0 Å². The smallest absolute Gasteiger partial charge is 0.275 e. The fraction of sp³-hybridized carbons (Fsp3) is 0.500. The zero-order valence-electron chi connectivity index (χ0n) is 13.2. The van der Waals surface area contributed by atoms with Crippen LogP contribution in [0.25, 0.3) is 0 Å². The van der Waals surface area contributed by atoms with Crippen LogP contribution in [0.2, 0.25) is 0 Å². The molecule has 122 valence electrons. The number of carbonyl (C=O) groups is 2. The SMILES string of the molecule is CCCNC(=O)CNC(=O)C[NH2+][C@H](CC)c1ccc(Br)cc1. The van der Waals surface area contributed by atoms with E-state index in [1.165, 1.54) is 5.56 Å². The first-order valence-electron chi connectivity index (χ1n) is 7.69. The van der Waals surface area contributed by atoms with Crippen LogP contribution in [0.1, 0.15) is 38.3 Å². The monoisotopic (exact) mass is 370 g/mol. The number of quaternary nitrogens is 1. The van der Waals surface area contributed by atoms with Crippen LogP contribution in [0.5, 0.6) is 0 Å². The van der Waals surface area contributed by atoms with Gasteiger partial charge in [0.25, 0.3) is 5.91 Å². The summed E-state index contributed by atoms with van der Waals surface area (Å²) in [7, 11) is 0. The molecule has 0 aliphatic heterocycles. The molecule has 0 aliphatic carbocycles. The highest BCUT2D eigenvalue weighted by atomic mass is 79.9. The molecule has 0 unspecified atom stereocenters. The second-order valence-corrected chi connectivity index (χ2v) is 6.05. The van der Waals surface area contributed by atoms with Crippen molar-refractivity contribution in [3.8, 4) is 0 Å². The molecule has 0 fully saturated rings. The van der Waals surface area contributed by atoms with Crippen molar-refractivity contribution >= 4 is 27.7 Å². The summed E-state index contributed by atoms with van der Waals surface area (Å²) in [5, 5.41) is 7.37. The number of hydrogen-bond acceptors (Lipinski definition) is 2. The number of carbonyl (C=O) groups excluding carboxylic acids is 2. The van der Waals surface area contributed by atoms with Gasteiger partial charge < -0.3 is 16.0 Å². The van der Waals surface area contributed by atoms with E-state index in [1.54, 1.807) is 0 Å². The summed E-state index contributed by atoms with van der Waals surface area (Å²) >= 11 is 3.42. The van der Waals surface area contributed by atoms with E-state index in [1.807, 2.05) is 24.4 Å². The Kier molecular flexibility index (Phi) is 8.77. The average Bonchev–Trinajstić information content (AvgIpc) is 2.53. The van der Waals surface area contributed by atoms with E-state index in [2.05, 4.69) is 45.6 Å². The van der Waals surface area contributed by atoms with Crippen molar-refractivity contribution in [3.63, 3.8) is 0 Å². The minimum absolute atomic E-state index is 0.0434. The van der Waals surface area contributed by atoms with Gasteiger partial charge in [-0.05, 0) is 18.6 Å². The zero-order valence-corrected chi connectivity index (χ0v) is 14.8. The number of rotatable bonds is 9. The molecule has 0 radical (unpaired) electrons. The lowest BCUT2D eigenvalue weighted by atomic mass is 10.0. The summed E-state index contributed by atoms with van der Waals surface area (Å²) in [5.41, 5.74) is 1.19. The Morgan fingerprint density at radius 3 is 2.41 bits per heavy atom. The lowest BCUT2D eigenvalue weighted by molar-refractivity contribution is -0.686. The van der Waals surface area contributed by atoms with Gasteiger partial charge in [-0.15, -0.1) is 0 Å². The van der Waals surface area contributed by atoms with Crippen molar-refractivity contribution in [3.05, 3.63) is 34.3 Å². The van der Waals surface area contributed by atoms with Crippen LogP contribution in [0.4, 0.5) is 0 Å². The summed E-state index contributed by atoms with van der Waals surface area (Å²) in [6.07, 6.45) is 1.82. The second kappa shape index (κ2) is 10.3. The van der Waals surface area contributed by atoms with Gasteiger partial charge in [0.05, 0.1) is 6.54 Å². The van der Waals surface area contributed by atoms with Gasteiger partial charge in [-0.3, -0.25) is 9.59 Å². The Morgan fingerprint density at radius 1 is 1.14 bits per heavy atom. The summed E-state index contributed by atoms with van der Waals surface area (Å²) in [6, 6.07) is 8.37. The predicted molar refractivity (Wildman–Crippen MR) is 90.3 cm³/mol. The van der Waals surface area contributed by atoms with Crippen LogP contribution in [0, 0.1) is 0 Å². The second-order valence-electron chi connectivity index (χ2n) is 5.13. The van der Waals surface area contributed by atoms with Gasteiger partial charge in [-0.25, -0.2) is 0 Å². The molecule has 5 nitrogen and oxygen atoms in total. The van der Waals surface area contributed by atoms with Gasteiger partial charge in [-0.2, -0.15) is 0 Å². The van der Waals surface area contributed by atoms with Gasteiger partial charge in [0.15, 0.2) is 6.54 Å². The Hall–Kier alpha value is -1.40. The van der Waals surface area contributed by atoms with Crippen molar-refractivity contribution in [1.29, 1.82) is 0 Å². The van der Waals surface area contributed by atoms with Gasteiger partial charge in [-0.1, -0.05) is 41.9 Å². The molecule has 0 bridgehead atoms. The van der Waals surface area contributed by atoms with Crippen molar-refractivity contribution in [1.82, 2.24) is 10.6 Å². The predicted octanol–water partition coefficient (Wildman–Crippen LogP) is 1.11. The number of amides is 2. The fourth-order valence-corrected chi connectivity index (χ4v) is 2.34. The summed E-state index contributed by atoms with van der Waals surface area (Å²) < 4.78 is 1.04.